The lowest BCUT2D eigenvalue weighted by Gasteiger charge is -2.18. The van der Waals surface area contributed by atoms with Crippen LogP contribution in [0.15, 0.2) is 72.8 Å². The van der Waals surface area contributed by atoms with Crippen molar-refractivity contribution in [1.82, 2.24) is 15.0 Å². The molecule has 1 atom stereocenters. The van der Waals surface area contributed by atoms with Crippen LogP contribution in [0.3, 0.4) is 0 Å². The zero-order chi connectivity index (χ0) is 21.1. The van der Waals surface area contributed by atoms with Gasteiger partial charge in [-0.25, -0.2) is 9.48 Å². The van der Waals surface area contributed by atoms with Crippen LogP contribution in [0.25, 0.3) is 11.0 Å². The number of ketones is 1. The Hall–Kier alpha value is -3.51. The van der Waals surface area contributed by atoms with Gasteiger partial charge in [0.1, 0.15) is 5.52 Å². The van der Waals surface area contributed by atoms with Crippen molar-refractivity contribution in [2.75, 3.05) is 0 Å². The Morgan fingerprint density at radius 1 is 1.00 bits per heavy atom. The third kappa shape index (κ3) is 4.09. The number of hydrogen-bond donors (Lipinski definition) is 0. The summed E-state index contributed by atoms with van der Waals surface area (Å²) < 4.78 is 7.22. The molecule has 1 aromatic heterocycles. The summed E-state index contributed by atoms with van der Waals surface area (Å²) in [5.41, 5.74) is 3.06. The van der Waals surface area contributed by atoms with Gasteiger partial charge in [-0.2, -0.15) is 0 Å². The van der Waals surface area contributed by atoms with Gasteiger partial charge in [-0.15, -0.1) is 5.10 Å². The summed E-state index contributed by atoms with van der Waals surface area (Å²) in [7, 11) is 0. The molecule has 1 heterocycles. The Kier molecular flexibility index (Phi) is 5.59. The van der Waals surface area contributed by atoms with Crippen molar-refractivity contribution in [3.63, 3.8) is 0 Å². The average molecular weight is 420 g/mol. The quantitative estimate of drug-likeness (QED) is 0.340. The van der Waals surface area contributed by atoms with Crippen molar-refractivity contribution in [3.05, 3.63) is 94.5 Å². The number of nitrogens with zero attached hydrogens (tertiary/aromatic N) is 3. The number of esters is 1. The van der Waals surface area contributed by atoms with Crippen LogP contribution in [0.1, 0.15) is 26.3 Å². The molecular weight excluding hydrogens is 402 g/mol. The zero-order valence-electron chi connectivity index (χ0n) is 16.2. The van der Waals surface area contributed by atoms with Gasteiger partial charge in [0.25, 0.3) is 0 Å². The Labute approximate surface area is 178 Å². The van der Waals surface area contributed by atoms with Gasteiger partial charge in [-0.3, -0.25) is 4.79 Å². The molecule has 0 amide bonds. The number of aromatic nitrogens is 3. The lowest BCUT2D eigenvalue weighted by atomic mass is 10.0. The minimum absolute atomic E-state index is 0.0486. The highest BCUT2D eigenvalue weighted by molar-refractivity contribution is 6.30. The molecule has 0 aliphatic carbocycles. The summed E-state index contributed by atoms with van der Waals surface area (Å²) >= 11 is 5.90. The lowest BCUT2D eigenvalue weighted by molar-refractivity contribution is 0.0244. The summed E-state index contributed by atoms with van der Waals surface area (Å²) in [5, 5.41) is 8.75. The number of Topliss-reactive ketones (excluding diaryl/α,β-unsaturated/α-hetero) is 1. The van der Waals surface area contributed by atoms with Gasteiger partial charge in [0, 0.05) is 10.6 Å². The molecule has 1 unspecified atom stereocenters. The third-order valence-electron chi connectivity index (χ3n) is 4.79. The number of carbonyl (C=O) groups is 2. The number of benzene rings is 3. The predicted octanol–water partition coefficient (Wildman–Crippen LogP) is 4.50. The summed E-state index contributed by atoms with van der Waals surface area (Å²) in [6.45, 7) is 1.89. The van der Waals surface area contributed by atoms with E-state index in [1.54, 1.807) is 41.1 Å². The summed E-state index contributed by atoms with van der Waals surface area (Å²) in [5.74, 6) is -0.905. The van der Waals surface area contributed by atoms with E-state index in [9.17, 15) is 9.59 Å². The SMILES string of the molecule is Cc1ccccc1C(=O)C(Cn1nnc2ccccc21)OC(=O)c1ccc(Cl)cc1. The third-order valence-corrected chi connectivity index (χ3v) is 5.04. The number of fused-ring (bicyclic) bond motifs is 1. The van der Waals surface area contributed by atoms with Gasteiger partial charge < -0.3 is 4.74 Å². The van der Waals surface area contributed by atoms with Gasteiger partial charge in [0.05, 0.1) is 17.6 Å². The predicted molar refractivity (Wildman–Crippen MR) is 114 cm³/mol. The van der Waals surface area contributed by atoms with E-state index in [0.717, 1.165) is 11.1 Å². The first-order valence-corrected chi connectivity index (χ1v) is 9.75. The first-order chi connectivity index (χ1) is 14.5. The molecule has 6 nitrogen and oxygen atoms in total. The molecule has 0 bridgehead atoms. The van der Waals surface area contributed by atoms with Crippen LogP contribution in [0.4, 0.5) is 0 Å². The first kappa shape index (κ1) is 19.8. The second-order valence-electron chi connectivity index (χ2n) is 6.84. The summed E-state index contributed by atoms with van der Waals surface area (Å²) in [4.78, 5) is 26.0. The van der Waals surface area contributed by atoms with E-state index < -0.39 is 12.1 Å². The fourth-order valence-corrected chi connectivity index (χ4v) is 3.31. The van der Waals surface area contributed by atoms with E-state index in [0.29, 0.717) is 21.7 Å². The molecule has 0 fully saturated rings. The highest BCUT2D eigenvalue weighted by atomic mass is 35.5. The van der Waals surface area contributed by atoms with Gasteiger partial charge in [-0.05, 0) is 48.9 Å². The molecular formula is C23H18ClN3O3. The van der Waals surface area contributed by atoms with Crippen molar-refractivity contribution in [2.45, 2.75) is 19.6 Å². The lowest BCUT2D eigenvalue weighted by Crippen LogP contribution is -2.32. The number of para-hydroxylation sites is 1. The standard InChI is InChI=1S/C23H18ClN3O3/c1-15-6-2-3-7-18(15)22(28)21(30-23(29)16-10-12-17(24)13-11-16)14-27-20-9-5-4-8-19(20)25-26-27/h2-13,21H,14H2,1H3. The molecule has 0 aliphatic rings. The zero-order valence-corrected chi connectivity index (χ0v) is 16.9. The highest BCUT2D eigenvalue weighted by Crippen LogP contribution is 2.18. The molecule has 0 saturated carbocycles. The van der Waals surface area contributed by atoms with E-state index in [2.05, 4.69) is 10.3 Å². The van der Waals surface area contributed by atoms with Crippen LogP contribution < -0.4 is 0 Å². The van der Waals surface area contributed by atoms with Crippen molar-refractivity contribution in [3.8, 4) is 0 Å². The Bertz CT molecular complexity index is 1220. The molecule has 3 aromatic carbocycles. The van der Waals surface area contributed by atoms with E-state index in [4.69, 9.17) is 16.3 Å². The molecule has 4 rings (SSSR count). The Morgan fingerprint density at radius 3 is 2.47 bits per heavy atom. The van der Waals surface area contributed by atoms with Crippen LogP contribution in [0.5, 0.6) is 0 Å². The number of rotatable bonds is 6. The average Bonchev–Trinajstić information content (AvgIpc) is 3.16. The molecule has 7 heteroatoms. The Morgan fingerprint density at radius 2 is 1.70 bits per heavy atom. The minimum atomic E-state index is -1.07. The van der Waals surface area contributed by atoms with Gasteiger partial charge in [0.2, 0.25) is 5.78 Å². The maximum atomic E-state index is 13.3. The van der Waals surface area contributed by atoms with Gasteiger partial charge in [0.15, 0.2) is 6.10 Å². The van der Waals surface area contributed by atoms with Gasteiger partial charge >= 0.3 is 5.97 Å². The van der Waals surface area contributed by atoms with E-state index in [1.165, 1.54) is 0 Å². The van der Waals surface area contributed by atoms with E-state index >= 15 is 0 Å². The molecule has 0 aliphatic heterocycles. The van der Waals surface area contributed by atoms with E-state index in [1.807, 2.05) is 43.3 Å². The normalized spacial score (nSPS) is 11.9. The van der Waals surface area contributed by atoms with Crippen LogP contribution in [-0.4, -0.2) is 32.9 Å². The smallest absolute Gasteiger partial charge is 0.338 e. The number of hydrogen-bond acceptors (Lipinski definition) is 5. The molecule has 0 spiro atoms. The second kappa shape index (κ2) is 8.47. The number of aryl methyl sites for hydroxylation is 1. The fraction of sp³-hybridized carbons (Fsp3) is 0.130. The fourth-order valence-electron chi connectivity index (χ4n) is 3.19. The van der Waals surface area contributed by atoms with Crippen LogP contribution in [0.2, 0.25) is 5.02 Å². The van der Waals surface area contributed by atoms with Crippen molar-refractivity contribution >= 4 is 34.4 Å². The van der Waals surface area contributed by atoms with Gasteiger partial charge in [-0.1, -0.05) is 53.2 Å². The molecule has 30 heavy (non-hydrogen) atoms. The summed E-state index contributed by atoms with van der Waals surface area (Å²) in [6.07, 6.45) is -1.07. The molecule has 0 N–H and O–H groups in total. The minimum Gasteiger partial charge on any atom is -0.448 e. The number of halogens is 1. The summed E-state index contributed by atoms with van der Waals surface area (Å²) in [6, 6.07) is 20.9. The molecule has 0 radical (unpaired) electrons. The van der Waals surface area contributed by atoms with E-state index in [-0.39, 0.29) is 12.3 Å². The van der Waals surface area contributed by atoms with Crippen molar-refractivity contribution in [1.29, 1.82) is 0 Å². The van der Waals surface area contributed by atoms with Crippen LogP contribution in [-0.2, 0) is 11.3 Å². The first-order valence-electron chi connectivity index (χ1n) is 9.37. The van der Waals surface area contributed by atoms with Crippen molar-refractivity contribution in [2.24, 2.45) is 0 Å². The monoisotopic (exact) mass is 419 g/mol. The number of carbonyl (C=O) groups excluding carboxylic acids is 2. The Balaban J connectivity index is 1.67. The second-order valence-corrected chi connectivity index (χ2v) is 7.28. The highest BCUT2D eigenvalue weighted by Gasteiger charge is 2.27. The maximum Gasteiger partial charge on any atom is 0.338 e. The number of ether oxygens (including phenoxy) is 1. The largest absolute Gasteiger partial charge is 0.448 e. The maximum absolute atomic E-state index is 13.3. The molecule has 0 saturated heterocycles. The molecule has 4 aromatic rings. The topological polar surface area (TPSA) is 74.1 Å². The van der Waals surface area contributed by atoms with Crippen LogP contribution >= 0.6 is 11.6 Å². The molecule has 150 valence electrons. The van der Waals surface area contributed by atoms with Crippen molar-refractivity contribution < 1.29 is 14.3 Å². The van der Waals surface area contributed by atoms with Crippen LogP contribution in [0, 0.1) is 6.92 Å².